The standard InChI is InChI=1S/C16H25ClFNO/c1-6-20-15(16(2,3)4)14(19-5)10-11-9-12(17)7-8-13(11)18/h7-9,14-15,19H,6,10H2,1-5H3. The lowest BCUT2D eigenvalue weighted by molar-refractivity contribution is -0.0341. The molecule has 0 heterocycles. The molecule has 0 radical (unpaired) electrons. The molecule has 1 rings (SSSR count). The van der Waals surface area contributed by atoms with Gasteiger partial charge in [0.05, 0.1) is 6.10 Å². The quantitative estimate of drug-likeness (QED) is 0.855. The Morgan fingerprint density at radius 3 is 2.50 bits per heavy atom. The largest absolute Gasteiger partial charge is 0.376 e. The smallest absolute Gasteiger partial charge is 0.126 e. The summed E-state index contributed by atoms with van der Waals surface area (Å²) in [6.07, 6.45) is 0.543. The van der Waals surface area contributed by atoms with Crippen LogP contribution >= 0.6 is 11.6 Å². The van der Waals surface area contributed by atoms with E-state index in [1.54, 1.807) is 12.1 Å². The molecule has 1 aromatic carbocycles. The van der Waals surface area contributed by atoms with Crippen LogP contribution in [0.25, 0.3) is 0 Å². The Labute approximate surface area is 126 Å². The van der Waals surface area contributed by atoms with Crippen LogP contribution in [0.15, 0.2) is 18.2 Å². The zero-order valence-electron chi connectivity index (χ0n) is 13.0. The fourth-order valence-corrected chi connectivity index (χ4v) is 2.64. The highest BCUT2D eigenvalue weighted by molar-refractivity contribution is 6.30. The van der Waals surface area contributed by atoms with Crippen molar-refractivity contribution in [3.8, 4) is 0 Å². The third kappa shape index (κ3) is 4.72. The van der Waals surface area contributed by atoms with Crippen molar-refractivity contribution in [3.05, 3.63) is 34.6 Å². The molecule has 1 aromatic rings. The Morgan fingerprint density at radius 2 is 2.00 bits per heavy atom. The first kappa shape index (κ1) is 17.4. The van der Waals surface area contributed by atoms with Gasteiger partial charge in [0, 0.05) is 17.7 Å². The van der Waals surface area contributed by atoms with E-state index in [0.29, 0.717) is 23.6 Å². The molecular weight excluding hydrogens is 277 g/mol. The van der Waals surface area contributed by atoms with Crippen LogP contribution in [0.3, 0.4) is 0 Å². The normalized spacial score (nSPS) is 15.2. The van der Waals surface area contributed by atoms with E-state index in [4.69, 9.17) is 16.3 Å². The average Bonchev–Trinajstić information content (AvgIpc) is 2.36. The first-order valence-electron chi connectivity index (χ1n) is 7.02. The summed E-state index contributed by atoms with van der Waals surface area (Å²) in [5, 5.41) is 3.81. The maximum Gasteiger partial charge on any atom is 0.126 e. The molecule has 0 aromatic heterocycles. The van der Waals surface area contributed by atoms with Gasteiger partial charge in [-0.25, -0.2) is 4.39 Å². The van der Waals surface area contributed by atoms with Gasteiger partial charge in [-0.1, -0.05) is 32.4 Å². The molecule has 0 spiro atoms. The maximum absolute atomic E-state index is 13.9. The molecular formula is C16H25ClFNO. The fraction of sp³-hybridized carbons (Fsp3) is 0.625. The number of nitrogens with one attached hydrogen (secondary N) is 1. The van der Waals surface area contributed by atoms with Gasteiger partial charge in [0.25, 0.3) is 0 Å². The highest BCUT2D eigenvalue weighted by Gasteiger charge is 2.32. The summed E-state index contributed by atoms with van der Waals surface area (Å²) in [6, 6.07) is 4.70. The number of rotatable bonds is 6. The molecule has 0 bridgehead atoms. The molecule has 0 saturated heterocycles. The Kier molecular flexibility index (Phi) is 6.44. The van der Waals surface area contributed by atoms with Crippen LogP contribution in [0.5, 0.6) is 0 Å². The first-order valence-corrected chi connectivity index (χ1v) is 7.40. The maximum atomic E-state index is 13.9. The fourth-order valence-electron chi connectivity index (χ4n) is 2.45. The molecule has 2 unspecified atom stereocenters. The molecule has 0 saturated carbocycles. The van der Waals surface area contributed by atoms with Crippen molar-refractivity contribution in [2.45, 2.75) is 46.3 Å². The van der Waals surface area contributed by atoms with E-state index in [9.17, 15) is 4.39 Å². The Morgan fingerprint density at radius 1 is 1.35 bits per heavy atom. The summed E-state index contributed by atoms with van der Waals surface area (Å²) in [5.74, 6) is -0.223. The summed E-state index contributed by atoms with van der Waals surface area (Å²) >= 11 is 5.96. The SMILES string of the molecule is CCOC(C(Cc1cc(Cl)ccc1F)NC)C(C)(C)C. The van der Waals surface area contributed by atoms with Crippen molar-refractivity contribution in [1.82, 2.24) is 5.32 Å². The topological polar surface area (TPSA) is 21.3 Å². The molecule has 1 N–H and O–H groups in total. The van der Waals surface area contributed by atoms with E-state index in [2.05, 4.69) is 26.1 Å². The minimum absolute atomic E-state index is 0.00381. The Balaban J connectivity index is 2.97. The van der Waals surface area contributed by atoms with Crippen LogP contribution in [0.1, 0.15) is 33.3 Å². The minimum Gasteiger partial charge on any atom is -0.376 e. The van der Waals surface area contributed by atoms with Crippen LogP contribution in [0, 0.1) is 11.2 Å². The summed E-state index contributed by atoms with van der Waals surface area (Å²) in [6.45, 7) is 9.01. The second-order valence-electron chi connectivity index (χ2n) is 6.08. The van der Waals surface area contributed by atoms with Crippen LogP contribution in [0.2, 0.25) is 5.02 Å². The highest BCUT2D eigenvalue weighted by Crippen LogP contribution is 2.27. The molecule has 20 heavy (non-hydrogen) atoms. The van der Waals surface area contributed by atoms with Gasteiger partial charge in [-0.05, 0) is 49.6 Å². The molecule has 0 aliphatic rings. The zero-order chi connectivity index (χ0) is 15.3. The van der Waals surface area contributed by atoms with Crippen molar-refractivity contribution in [3.63, 3.8) is 0 Å². The lowest BCUT2D eigenvalue weighted by Crippen LogP contribution is -2.48. The summed E-state index contributed by atoms with van der Waals surface area (Å²) < 4.78 is 19.8. The number of likely N-dealkylation sites (N-methyl/N-ethyl adjacent to an activating group) is 1. The van der Waals surface area contributed by atoms with Gasteiger partial charge >= 0.3 is 0 Å². The van der Waals surface area contributed by atoms with Gasteiger partial charge < -0.3 is 10.1 Å². The van der Waals surface area contributed by atoms with Crippen LogP contribution in [0.4, 0.5) is 4.39 Å². The van der Waals surface area contributed by atoms with Gasteiger partial charge in [0.2, 0.25) is 0 Å². The van der Waals surface area contributed by atoms with Crippen molar-refractivity contribution in [1.29, 1.82) is 0 Å². The van der Waals surface area contributed by atoms with Gasteiger partial charge in [0.1, 0.15) is 5.82 Å². The highest BCUT2D eigenvalue weighted by atomic mass is 35.5. The van der Waals surface area contributed by atoms with Gasteiger partial charge in [-0.15, -0.1) is 0 Å². The summed E-state index contributed by atoms with van der Waals surface area (Å²) in [5.41, 5.74) is 0.587. The summed E-state index contributed by atoms with van der Waals surface area (Å²) in [4.78, 5) is 0. The van der Waals surface area contributed by atoms with Crippen molar-refractivity contribution < 1.29 is 9.13 Å². The predicted octanol–water partition coefficient (Wildman–Crippen LogP) is 4.06. The zero-order valence-corrected chi connectivity index (χ0v) is 13.7. The summed E-state index contributed by atoms with van der Waals surface area (Å²) in [7, 11) is 1.88. The number of ether oxygens (including phenoxy) is 1. The lowest BCUT2D eigenvalue weighted by Gasteiger charge is -2.37. The second kappa shape index (κ2) is 7.39. The van der Waals surface area contributed by atoms with Crippen molar-refractivity contribution in [2.75, 3.05) is 13.7 Å². The van der Waals surface area contributed by atoms with E-state index >= 15 is 0 Å². The van der Waals surface area contributed by atoms with Crippen LogP contribution in [-0.2, 0) is 11.2 Å². The lowest BCUT2D eigenvalue weighted by atomic mass is 9.82. The molecule has 0 aliphatic carbocycles. The Bertz CT molecular complexity index is 431. The third-order valence-electron chi connectivity index (χ3n) is 3.38. The molecule has 0 fully saturated rings. The monoisotopic (exact) mass is 301 g/mol. The third-order valence-corrected chi connectivity index (χ3v) is 3.62. The van der Waals surface area contributed by atoms with E-state index in [-0.39, 0.29) is 23.4 Å². The minimum atomic E-state index is -0.223. The molecule has 0 amide bonds. The molecule has 114 valence electrons. The predicted molar refractivity (Wildman–Crippen MR) is 82.8 cm³/mol. The number of hydrogen-bond donors (Lipinski definition) is 1. The Hall–Kier alpha value is -0.640. The van der Waals surface area contributed by atoms with E-state index < -0.39 is 0 Å². The number of halogens is 2. The van der Waals surface area contributed by atoms with Crippen molar-refractivity contribution >= 4 is 11.6 Å². The van der Waals surface area contributed by atoms with E-state index in [1.807, 2.05) is 14.0 Å². The van der Waals surface area contributed by atoms with Gasteiger partial charge in [0.15, 0.2) is 0 Å². The molecule has 2 nitrogen and oxygen atoms in total. The van der Waals surface area contributed by atoms with Crippen molar-refractivity contribution in [2.24, 2.45) is 5.41 Å². The average molecular weight is 302 g/mol. The van der Waals surface area contributed by atoms with Gasteiger partial charge in [-0.3, -0.25) is 0 Å². The molecule has 0 aliphatic heterocycles. The molecule has 2 atom stereocenters. The number of hydrogen-bond acceptors (Lipinski definition) is 2. The van der Waals surface area contributed by atoms with E-state index in [1.165, 1.54) is 6.07 Å². The van der Waals surface area contributed by atoms with E-state index in [0.717, 1.165) is 0 Å². The van der Waals surface area contributed by atoms with Crippen LogP contribution in [-0.4, -0.2) is 25.8 Å². The van der Waals surface area contributed by atoms with Crippen LogP contribution < -0.4 is 5.32 Å². The number of benzene rings is 1. The first-order chi connectivity index (χ1) is 9.29. The van der Waals surface area contributed by atoms with Gasteiger partial charge in [-0.2, -0.15) is 0 Å². The molecule has 4 heteroatoms. The second-order valence-corrected chi connectivity index (χ2v) is 6.51.